The lowest BCUT2D eigenvalue weighted by atomic mass is 9.75. The summed E-state index contributed by atoms with van der Waals surface area (Å²) in [5, 5.41) is 19.8. The van der Waals surface area contributed by atoms with Gasteiger partial charge in [0, 0.05) is 0 Å². The van der Waals surface area contributed by atoms with E-state index in [4.69, 9.17) is 0 Å². The lowest BCUT2D eigenvalue weighted by Gasteiger charge is -2.38. The van der Waals surface area contributed by atoms with E-state index in [-0.39, 0.29) is 11.7 Å². The Balaban J connectivity index is 2.69. The number of hydrogen-bond donors (Lipinski definition) is 2. The minimum absolute atomic E-state index is 0.000626. The second-order valence-electron chi connectivity index (χ2n) is 5.86. The van der Waals surface area contributed by atoms with Crippen LogP contribution < -0.4 is 0 Å². The molecule has 0 aromatic rings. The number of hydrogen-bond acceptors (Lipinski definition) is 3. The number of allylic oxidation sites excluding steroid dienone is 4. The van der Waals surface area contributed by atoms with Crippen molar-refractivity contribution in [1.82, 2.24) is 0 Å². The molecule has 1 aliphatic carbocycles. The third-order valence-corrected chi connectivity index (χ3v) is 3.67. The zero-order valence-electron chi connectivity index (χ0n) is 11.7. The van der Waals surface area contributed by atoms with Crippen molar-refractivity contribution in [2.45, 2.75) is 58.7 Å². The molecule has 0 radical (unpaired) electrons. The molecule has 102 valence electrons. The molecule has 0 amide bonds. The van der Waals surface area contributed by atoms with Gasteiger partial charge in [-0.1, -0.05) is 11.1 Å². The third kappa shape index (κ3) is 4.07. The Labute approximate surface area is 109 Å². The minimum atomic E-state index is -0.985. The standard InChI is InChI=1S/C15H24O3/c1-10(2)7-13(16)8-11(3)12-5-6-15(4,18)14(17)9-12/h7-8,12,14,17-18H,5-6,9H2,1-4H3. The van der Waals surface area contributed by atoms with E-state index in [2.05, 4.69) is 0 Å². The summed E-state index contributed by atoms with van der Waals surface area (Å²) in [4.78, 5) is 11.7. The van der Waals surface area contributed by atoms with Crippen molar-refractivity contribution < 1.29 is 15.0 Å². The van der Waals surface area contributed by atoms with E-state index in [0.717, 1.165) is 17.6 Å². The Kier molecular flexibility index (Phi) is 4.88. The van der Waals surface area contributed by atoms with Crippen LogP contribution in [0.2, 0.25) is 0 Å². The quantitative estimate of drug-likeness (QED) is 0.758. The van der Waals surface area contributed by atoms with Gasteiger partial charge >= 0.3 is 0 Å². The highest BCUT2D eigenvalue weighted by atomic mass is 16.3. The van der Waals surface area contributed by atoms with Crippen LogP contribution >= 0.6 is 0 Å². The Hall–Kier alpha value is -0.930. The van der Waals surface area contributed by atoms with Gasteiger partial charge in [-0.15, -0.1) is 0 Å². The van der Waals surface area contributed by atoms with Gasteiger partial charge in [-0.3, -0.25) is 4.79 Å². The number of carbonyl (C=O) groups is 1. The fourth-order valence-electron chi connectivity index (χ4n) is 2.36. The summed E-state index contributed by atoms with van der Waals surface area (Å²) in [6.45, 7) is 7.38. The van der Waals surface area contributed by atoms with Crippen LogP contribution in [0.25, 0.3) is 0 Å². The van der Waals surface area contributed by atoms with Crippen molar-refractivity contribution in [2.24, 2.45) is 5.92 Å². The molecule has 0 aromatic heterocycles. The number of carbonyl (C=O) groups excluding carboxylic acids is 1. The van der Waals surface area contributed by atoms with Gasteiger partial charge in [0.2, 0.25) is 0 Å². The van der Waals surface area contributed by atoms with E-state index in [1.807, 2.05) is 20.8 Å². The maximum absolute atomic E-state index is 11.7. The van der Waals surface area contributed by atoms with Gasteiger partial charge in [0.05, 0.1) is 11.7 Å². The first kappa shape index (κ1) is 15.1. The molecule has 0 heterocycles. The minimum Gasteiger partial charge on any atom is -0.390 e. The van der Waals surface area contributed by atoms with E-state index in [1.165, 1.54) is 0 Å². The predicted molar refractivity (Wildman–Crippen MR) is 72.2 cm³/mol. The smallest absolute Gasteiger partial charge is 0.178 e. The molecule has 0 aliphatic heterocycles. The van der Waals surface area contributed by atoms with Crippen LogP contribution in [-0.2, 0) is 4.79 Å². The van der Waals surface area contributed by atoms with E-state index in [0.29, 0.717) is 12.8 Å². The molecule has 0 bridgehead atoms. The van der Waals surface area contributed by atoms with Crippen molar-refractivity contribution >= 4 is 5.78 Å². The van der Waals surface area contributed by atoms with Crippen molar-refractivity contribution in [1.29, 1.82) is 0 Å². The monoisotopic (exact) mass is 252 g/mol. The summed E-state index contributed by atoms with van der Waals surface area (Å²) < 4.78 is 0. The van der Waals surface area contributed by atoms with Gasteiger partial charge in [-0.05, 0) is 65.0 Å². The van der Waals surface area contributed by atoms with Gasteiger partial charge < -0.3 is 10.2 Å². The van der Waals surface area contributed by atoms with Gasteiger partial charge in [-0.25, -0.2) is 0 Å². The SMILES string of the molecule is CC(C)=CC(=O)C=C(C)C1CCC(C)(O)C(O)C1. The molecular weight excluding hydrogens is 228 g/mol. The lowest BCUT2D eigenvalue weighted by molar-refractivity contribution is -0.110. The van der Waals surface area contributed by atoms with E-state index in [1.54, 1.807) is 19.1 Å². The van der Waals surface area contributed by atoms with Crippen LogP contribution in [0.15, 0.2) is 23.3 Å². The summed E-state index contributed by atoms with van der Waals surface area (Å²) >= 11 is 0. The van der Waals surface area contributed by atoms with Crippen LogP contribution in [0.5, 0.6) is 0 Å². The van der Waals surface area contributed by atoms with Crippen LogP contribution in [0.1, 0.15) is 47.0 Å². The third-order valence-electron chi connectivity index (χ3n) is 3.67. The highest BCUT2D eigenvalue weighted by Crippen LogP contribution is 2.35. The van der Waals surface area contributed by atoms with Crippen molar-refractivity contribution in [2.75, 3.05) is 0 Å². The van der Waals surface area contributed by atoms with Crippen molar-refractivity contribution in [3.63, 3.8) is 0 Å². The number of aliphatic hydroxyl groups excluding tert-OH is 1. The summed E-state index contributed by atoms with van der Waals surface area (Å²) in [7, 11) is 0. The number of aliphatic hydroxyl groups is 2. The maximum Gasteiger partial charge on any atom is 0.178 e. The zero-order valence-corrected chi connectivity index (χ0v) is 11.7. The molecule has 0 spiro atoms. The maximum atomic E-state index is 11.7. The fourth-order valence-corrected chi connectivity index (χ4v) is 2.36. The molecule has 1 rings (SSSR count). The van der Waals surface area contributed by atoms with Crippen LogP contribution in [0.4, 0.5) is 0 Å². The van der Waals surface area contributed by atoms with Crippen LogP contribution in [0.3, 0.4) is 0 Å². The molecule has 18 heavy (non-hydrogen) atoms. The first-order chi connectivity index (χ1) is 8.22. The largest absolute Gasteiger partial charge is 0.390 e. The summed E-state index contributed by atoms with van der Waals surface area (Å²) in [6.07, 6.45) is 4.45. The predicted octanol–water partition coefficient (Wildman–Crippen LogP) is 2.38. The van der Waals surface area contributed by atoms with Gasteiger partial charge in [0.1, 0.15) is 0 Å². The Morgan fingerprint density at radius 1 is 1.28 bits per heavy atom. The van der Waals surface area contributed by atoms with Crippen molar-refractivity contribution in [3.8, 4) is 0 Å². The molecule has 1 saturated carbocycles. The molecule has 3 nitrogen and oxygen atoms in total. The molecule has 3 unspecified atom stereocenters. The first-order valence-corrected chi connectivity index (χ1v) is 6.50. The molecule has 1 fully saturated rings. The molecule has 0 saturated heterocycles. The Bertz CT molecular complexity index is 373. The summed E-state index contributed by atoms with van der Waals surface area (Å²) in [5.41, 5.74) is 0.989. The highest BCUT2D eigenvalue weighted by Gasteiger charge is 2.37. The van der Waals surface area contributed by atoms with Crippen LogP contribution in [0, 0.1) is 5.92 Å². The Morgan fingerprint density at radius 3 is 2.39 bits per heavy atom. The molecule has 2 N–H and O–H groups in total. The van der Waals surface area contributed by atoms with E-state index >= 15 is 0 Å². The first-order valence-electron chi connectivity index (χ1n) is 6.50. The van der Waals surface area contributed by atoms with Gasteiger partial charge in [0.25, 0.3) is 0 Å². The number of rotatable bonds is 3. The average molecular weight is 252 g/mol. The molecule has 3 heteroatoms. The summed E-state index contributed by atoms with van der Waals surface area (Å²) in [6, 6.07) is 0. The number of ketones is 1. The fraction of sp³-hybridized carbons (Fsp3) is 0.667. The highest BCUT2D eigenvalue weighted by molar-refractivity contribution is 6.00. The normalized spacial score (nSPS) is 33.1. The topological polar surface area (TPSA) is 57.5 Å². The van der Waals surface area contributed by atoms with E-state index < -0.39 is 11.7 Å². The van der Waals surface area contributed by atoms with Crippen molar-refractivity contribution in [3.05, 3.63) is 23.3 Å². The van der Waals surface area contributed by atoms with Gasteiger partial charge in [-0.2, -0.15) is 0 Å². The average Bonchev–Trinajstić information content (AvgIpc) is 2.20. The second kappa shape index (κ2) is 5.81. The van der Waals surface area contributed by atoms with Gasteiger partial charge in [0.15, 0.2) is 5.78 Å². The Morgan fingerprint density at radius 2 is 1.89 bits per heavy atom. The van der Waals surface area contributed by atoms with E-state index in [9.17, 15) is 15.0 Å². The van der Waals surface area contributed by atoms with Crippen LogP contribution in [-0.4, -0.2) is 27.7 Å². The second-order valence-corrected chi connectivity index (χ2v) is 5.86. The molecular formula is C15H24O3. The summed E-state index contributed by atoms with van der Waals surface area (Å²) in [5.74, 6) is 0.189. The molecule has 3 atom stereocenters. The lowest BCUT2D eigenvalue weighted by Crippen LogP contribution is -2.44. The molecule has 1 aliphatic rings. The zero-order chi connectivity index (χ0) is 13.9. The molecule has 0 aromatic carbocycles.